The van der Waals surface area contributed by atoms with Gasteiger partial charge >= 0.3 is 0 Å². The molecule has 15 heavy (non-hydrogen) atoms. The standard InChI is InChI=1S/C10H12BrN3O/c1-7-4-12-10(15-7)13-9-3-8(11)5-14(2)6-9/h3-5H,6H2,1-2H3,(H,12,13). The van der Waals surface area contributed by atoms with Gasteiger partial charge in [0, 0.05) is 23.4 Å². The second-order valence-electron chi connectivity index (χ2n) is 3.50. The first-order chi connectivity index (χ1) is 7.13. The quantitative estimate of drug-likeness (QED) is 0.896. The summed E-state index contributed by atoms with van der Waals surface area (Å²) >= 11 is 3.44. The Balaban J connectivity index is 2.10. The molecule has 0 amide bonds. The van der Waals surface area contributed by atoms with Gasteiger partial charge in [0.2, 0.25) is 0 Å². The van der Waals surface area contributed by atoms with Crippen LogP contribution in [0.1, 0.15) is 5.76 Å². The highest BCUT2D eigenvalue weighted by Crippen LogP contribution is 2.19. The highest BCUT2D eigenvalue weighted by molar-refractivity contribution is 9.11. The third-order valence-electron chi connectivity index (χ3n) is 1.96. The van der Waals surface area contributed by atoms with Gasteiger partial charge in [0.25, 0.3) is 6.01 Å². The van der Waals surface area contributed by atoms with Crippen LogP contribution in [0.4, 0.5) is 6.01 Å². The summed E-state index contributed by atoms with van der Waals surface area (Å²) in [4.78, 5) is 6.16. The number of anilines is 1. The molecule has 2 heterocycles. The average molecular weight is 270 g/mol. The van der Waals surface area contributed by atoms with Crippen LogP contribution < -0.4 is 5.32 Å². The van der Waals surface area contributed by atoms with Gasteiger partial charge in [0.1, 0.15) is 5.76 Å². The zero-order chi connectivity index (χ0) is 10.8. The average Bonchev–Trinajstić information content (AvgIpc) is 2.49. The van der Waals surface area contributed by atoms with Crippen molar-refractivity contribution in [3.8, 4) is 0 Å². The Morgan fingerprint density at radius 1 is 1.60 bits per heavy atom. The number of halogens is 1. The Labute approximate surface area is 96.8 Å². The number of allylic oxidation sites excluding steroid dienone is 2. The van der Waals surface area contributed by atoms with Gasteiger partial charge < -0.3 is 14.6 Å². The third-order valence-corrected chi connectivity index (χ3v) is 2.40. The van der Waals surface area contributed by atoms with E-state index in [-0.39, 0.29) is 0 Å². The van der Waals surface area contributed by atoms with Gasteiger partial charge in [-0.05, 0) is 28.9 Å². The van der Waals surface area contributed by atoms with Crippen LogP contribution in [0.5, 0.6) is 0 Å². The normalized spacial score (nSPS) is 16.1. The molecule has 1 N–H and O–H groups in total. The molecule has 1 aliphatic heterocycles. The summed E-state index contributed by atoms with van der Waals surface area (Å²) in [7, 11) is 2.01. The molecule has 80 valence electrons. The number of hydrogen-bond acceptors (Lipinski definition) is 4. The first-order valence-corrected chi connectivity index (χ1v) is 5.40. The largest absolute Gasteiger partial charge is 0.429 e. The summed E-state index contributed by atoms with van der Waals surface area (Å²) in [6.07, 6.45) is 5.73. The molecular weight excluding hydrogens is 258 g/mol. The van der Waals surface area contributed by atoms with Crippen molar-refractivity contribution in [1.29, 1.82) is 0 Å². The smallest absolute Gasteiger partial charge is 0.299 e. The molecule has 1 aliphatic rings. The van der Waals surface area contributed by atoms with Gasteiger partial charge in [-0.1, -0.05) is 0 Å². The number of likely N-dealkylation sites (N-methyl/N-ethyl adjacent to an activating group) is 1. The highest BCUT2D eigenvalue weighted by atomic mass is 79.9. The molecular formula is C10H12BrN3O. The van der Waals surface area contributed by atoms with Crippen molar-refractivity contribution in [3.05, 3.63) is 34.4 Å². The van der Waals surface area contributed by atoms with E-state index in [1.54, 1.807) is 6.20 Å². The zero-order valence-electron chi connectivity index (χ0n) is 8.62. The topological polar surface area (TPSA) is 41.3 Å². The van der Waals surface area contributed by atoms with E-state index in [1.807, 2.05) is 26.2 Å². The van der Waals surface area contributed by atoms with Crippen LogP contribution in [0.3, 0.4) is 0 Å². The van der Waals surface area contributed by atoms with E-state index in [9.17, 15) is 0 Å². The molecule has 0 aromatic carbocycles. The number of oxazole rings is 1. The van der Waals surface area contributed by atoms with Crippen molar-refractivity contribution in [3.63, 3.8) is 0 Å². The first kappa shape index (κ1) is 10.3. The molecule has 5 heteroatoms. The van der Waals surface area contributed by atoms with Crippen molar-refractivity contribution in [2.24, 2.45) is 0 Å². The summed E-state index contributed by atoms with van der Waals surface area (Å²) in [5.74, 6) is 0.803. The maximum atomic E-state index is 5.34. The minimum atomic E-state index is 0.536. The Kier molecular flexibility index (Phi) is 2.81. The van der Waals surface area contributed by atoms with Crippen molar-refractivity contribution < 1.29 is 4.42 Å². The van der Waals surface area contributed by atoms with Crippen molar-refractivity contribution in [2.75, 3.05) is 18.9 Å². The molecule has 0 saturated heterocycles. The first-order valence-electron chi connectivity index (χ1n) is 4.61. The van der Waals surface area contributed by atoms with E-state index in [4.69, 9.17) is 4.42 Å². The van der Waals surface area contributed by atoms with Gasteiger partial charge in [-0.25, -0.2) is 4.98 Å². The van der Waals surface area contributed by atoms with Crippen LogP contribution in [-0.4, -0.2) is 23.5 Å². The fourth-order valence-corrected chi connectivity index (χ4v) is 2.03. The van der Waals surface area contributed by atoms with E-state index < -0.39 is 0 Å². The number of nitrogens with one attached hydrogen (secondary N) is 1. The maximum Gasteiger partial charge on any atom is 0.299 e. The molecule has 0 fully saturated rings. The van der Waals surface area contributed by atoms with E-state index in [0.717, 1.165) is 22.5 Å². The minimum Gasteiger partial charge on any atom is -0.429 e. The van der Waals surface area contributed by atoms with Crippen LogP contribution in [0.25, 0.3) is 0 Å². The van der Waals surface area contributed by atoms with Gasteiger partial charge in [-0.2, -0.15) is 0 Å². The number of aryl methyl sites for hydroxylation is 1. The lowest BCUT2D eigenvalue weighted by Gasteiger charge is -2.21. The lowest BCUT2D eigenvalue weighted by atomic mass is 10.3. The predicted molar refractivity (Wildman–Crippen MR) is 62.6 cm³/mol. The second-order valence-corrected chi connectivity index (χ2v) is 4.42. The third kappa shape index (κ3) is 2.62. The lowest BCUT2D eigenvalue weighted by Crippen LogP contribution is -2.21. The van der Waals surface area contributed by atoms with Gasteiger partial charge in [0.05, 0.1) is 12.7 Å². The molecule has 0 aliphatic carbocycles. The maximum absolute atomic E-state index is 5.34. The zero-order valence-corrected chi connectivity index (χ0v) is 10.2. The molecule has 0 radical (unpaired) electrons. The van der Waals surface area contributed by atoms with Crippen molar-refractivity contribution in [1.82, 2.24) is 9.88 Å². The number of nitrogens with zero attached hydrogens (tertiary/aromatic N) is 2. The van der Waals surface area contributed by atoms with E-state index in [2.05, 4.69) is 31.1 Å². The van der Waals surface area contributed by atoms with Crippen LogP contribution in [0, 0.1) is 6.92 Å². The minimum absolute atomic E-state index is 0.536. The molecule has 1 aromatic heterocycles. The number of aromatic nitrogens is 1. The molecule has 0 unspecified atom stereocenters. The summed E-state index contributed by atoms with van der Waals surface area (Å²) in [5.41, 5.74) is 1.05. The fourth-order valence-electron chi connectivity index (χ4n) is 1.40. The van der Waals surface area contributed by atoms with E-state index in [1.165, 1.54) is 0 Å². The molecule has 2 rings (SSSR count). The number of hydrogen-bond donors (Lipinski definition) is 1. The van der Waals surface area contributed by atoms with E-state index >= 15 is 0 Å². The van der Waals surface area contributed by atoms with Crippen molar-refractivity contribution >= 4 is 21.9 Å². The van der Waals surface area contributed by atoms with Crippen LogP contribution >= 0.6 is 15.9 Å². The van der Waals surface area contributed by atoms with Crippen molar-refractivity contribution in [2.45, 2.75) is 6.92 Å². The van der Waals surface area contributed by atoms with Gasteiger partial charge in [-0.3, -0.25) is 0 Å². The SMILES string of the molecule is Cc1cnc(NC2=CC(Br)=CN(C)C2)o1. The van der Waals surface area contributed by atoms with Crippen LogP contribution in [0.2, 0.25) is 0 Å². The predicted octanol–water partition coefficient (Wildman–Crippen LogP) is 2.46. The second kappa shape index (κ2) is 4.10. The van der Waals surface area contributed by atoms with Crippen LogP contribution in [0.15, 0.2) is 33.1 Å². The number of rotatable bonds is 2. The Hall–Kier alpha value is -1.23. The molecule has 0 saturated carbocycles. The Morgan fingerprint density at radius 3 is 3.00 bits per heavy atom. The van der Waals surface area contributed by atoms with Gasteiger partial charge in [0.15, 0.2) is 0 Å². The molecule has 0 spiro atoms. The Bertz CT molecular complexity index is 422. The summed E-state index contributed by atoms with van der Waals surface area (Å²) in [5, 5.41) is 3.13. The molecule has 1 aromatic rings. The lowest BCUT2D eigenvalue weighted by molar-refractivity contribution is 0.486. The molecule has 4 nitrogen and oxygen atoms in total. The molecule has 0 bridgehead atoms. The summed E-state index contributed by atoms with van der Waals surface area (Å²) in [6, 6.07) is 0.536. The molecule has 0 atom stereocenters. The monoisotopic (exact) mass is 269 g/mol. The Morgan fingerprint density at radius 2 is 2.40 bits per heavy atom. The van der Waals surface area contributed by atoms with Crippen LogP contribution in [-0.2, 0) is 0 Å². The van der Waals surface area contributed by atoms with E-state index in [0.29, 0.717) is 6.01 Å². The summed E-state index contributed by atoms with van der Waals surface area (Å²) in [6.45, 7) is 2.69. The highest BCUT2D eigenvalue weighted by Gasteiger charge is 2.09. The fraction of sp³-hybridized carbons (Fsp3) is 0.300. The van der Waals surface area contributed by atoms with Gasteiger partial charge in [-0.15, -0.1) is 0 Å². The summed E-state index contributed by atoms with van der Waals surface area (Å²) < 4.78 is 6.37.